The number of nitrogens with one attached hydrogen (secondary N) is 1. The van der Waals surface area contributed by atoms with Gasteiger partial charge in [-0.1, -0.05) is 6.07 Å². The molecule has 1 aromatic carbocycles. The van der Waals surface area contributed by atoms with Crippen molar-refractivity contribution >= 4 is 0 Å². The van der Waals surface area contributed by atoms with Crippen molar-refractivity contribution in [3.63, 3.8) is 0 Å². The molecule has 98 valence electrons. The van der Waals surface area contributed by atoms with E-state index in [0.717, 1.165) is 42.7 Å². The Morgan fingerprint density at radius 1 is 1.28 bits per heavy atom. The van der Waals surface area contributed by atoms with E-state index in [-0.39, 0.29) is 0 Å². The fourth-order valence-electron chi connectivity index (χ4n) is 2.77. The van der Waals surface area contributed by atoms with Crippen LogP contribution in [-0.4, -0.2) is 27.0 Å². The minimum absolute atomic E-state index is 0.294. The molecule has 4 heteroatoms. The van der Waals surface area contributed by atoms with Crippen molar-refractivity contribution in [2.45, 2.75) is 19.3 Å². The molecule has 1 N–H and O–H groups in total. The number of hydrogen-bond donors (Lipinski definition) is 1. The van der Waals surface area contributed by atoms with E-state index in [0.29, 0.717) is 6.79 Å². The average molecular weight is 249 g/mol. The molecule has 0 spiro atoms. The Labute approximate surface area is 107 Å². The molecule has 4 nitrogen and oxygen atoms in total. The number of benzene rings is 1. The molecule has 1 saturated heterocycles. The average Bonchev–Trinajstić information content (AvgIpc) is 2.88. The molecule has 2 aliphatic rings. The van der Waals surface area contributed by atoms with E-state index in [2.05, 4.69) is 11.4 Å². The van der Waals surface area contributed by atoms with Crippen molar-refractivity contribution in [2.24, 2.45) is 5.92 Å². The van der Waals surface area contributed by atoms with Gasteiger partial charge in [0.2, 0.25) is 12.5 Å². The SMILES string of the molecule is COc1c(CC2CCNCC2)ccc2c1OCO2. The predicted molar refractivity (Wildman–Crippen MR) is 68.4 cm³/mol. The molecule has 0 radical (unpaired) electrons. The highest BCUT2D eigenvalue weighted by Gasteiger charge is 2.23. The molecule has 0 unspecified atom stereocenters. The van der Waals surface area contributed by atoms with Crippen molar-refractivity contribution in [1.29, 1.82) is 0 Å². The molecule has 0 aliphatic carbocycles. The maximum atomic E-state index is 5.51. The molecular formula is C14H19NO3. The largest absolute Gasteiger partial charge is 0.492 e. The van der Waals surface area contributed by atoms with Crippen LogP contribution >= 0.6 is 0 Å². The Bertz CT molecular complexity index is 427. The van der Waals surface area contributed by atoms with E-state index in [4.69, 9.17) is 14.2 Å². The second kappa shape index (κ2) is 5.06. The lowest BCUT2D eigenvalue weighted by atomic mass is 9.90. The first-order valence-electron chi connectivity index (χ1n) is 6.54. The first-order chi connectivity index (χ1) is 8.88. The monoisotopic (exact) mass is 249 g/mol. The van der Waals surface area contributed by atoms with Crippen LogP contribution < -0.4 is 19.5 Å². The third-order valence-electron chi connectivity index (χ3n) is 3.75. The molecule has 1 fully saturated rings. The van der Waals surface area contributed by atoms with Crippen molar-refractivity contribution in [3.8, 4) is 17.2 Å². The summed E-state index contributed by atoms with van der Waals surface area (Å²) in [5.41, 5.74) is 1.23. The van der Waals surface area contributed by atoms with Crippen molar-refractivity contribution in [2.75, 3.05) is 27.0 Å². The van der Waals surface area contributed by atoms with Gasteiger partial charge in [-0.2, -0.15) is 0 Å². The minimum atomic E-state index is 0.294. The predicted octanol–water partition coefficient (Wildman–Crippen LogP) is 1.97. The van der Waals surface area contributed by atoms with Crippen LogP contribution in [0.1, 0.15) is 18.4 Å². The van der Waals surface area contributed by atoms with Crippen molar-refractivity contribution < 1.29 is 14.2 Å². The summed E-state index contributed by atoms with van der Waals surface area (Å²) in [6, 6.07) is 4.09. The topological polar surface area (TPSA) is 39.7 Å². The maximum absolute atomic E-state index is 5.51. The number of fused-ring (bicyclic) bond motifs is 1. The van der Waals surface area contributed by atoms with Gasteiger partial charge >= 0.3 is 0 Å². The van der Waals surface area contributed by atoms with Gasteiger partial charge in [0.25, 0.3) is 0 Å². The van der Waals surface area contributed by atoms with Crippen LogP contribution in [0, 0.1) is 5.92 Å². The van der Waals surface area contributed by atoms with E-state index in [9.17, 15) is 0 Å². The van der Waals surface area contributed by atoms with E-state index in [1.807, 2.05) is 6.07 Å². The molecule has 0 amide bonds. The third-order valence-corrected chi connectivity index (χ3v) is 3.75. The molecule has 0 bridgehead atoms. The summed E-state index contributed by atoms with van der Waals surface area (Å²) in [7, 11) is 1.70. The molecule has 0 aromatic heterocycles. The van der Waals surface area contributed by atoms with Gasteiger partial charge in [0, 0.05) is 0 Å². The Kier molecular flexibility index (Phi) is 3.28. The number of hydrogen-bond acceptors (Lipinski definition) is 4. The second-order valence-corrected chi connectivity index (χ2v) is 4.89. The van der Waals surface area contributed by atoms with Gasteiger partial charge in [-0.15, -0.1) is 0 Å². The molecule has 0 saturated carbocycles. The van der Waals surface area contributed by atoms with Gasteiger partial charge in [-0.25, -0.2) is 0 Å². The Balaban J connectivity index is 1.82. The number of piperidine rings is 1. The minimum Gasteiger partial charge on any atom is -0.492 e. The Morgan fingerprint density at radius 2 is 2.11 bits per heavy atom. The maximum Gasteiger partial charge on any atom is 0.231 e. The highest BCUT2D eigenvalue weighted by molar-refractivity contribution is 5.57. The molecular weight excluding hydrogens is 230 g/mol. The summed E-state index contributed by atoms with van der Waals surface area (Å²) in [4.78, 5) is 0. The normalized spacial score (nSPS) is 18.9. The molecule has 1 aromatic rings. The molecule has 2 heterocycles. The lowest BCUT2D eigenvalue weighted by Gasteiger charge is -2.23. The molecule has 3 rings (SSSR count). The van der Waals surface area contributed by atoms with Crippen LogP contribution in [0.3, 0.4) is 0 Å². The van der Waals surface area contributed by atoms with E-state index in [1.54, 1.807) is 7.11 Å². The lowest BCUT2D eigenvalue weighted by molar-refractivity contribution is 0.171. The van der Waals surface area contributed by atoms with Crippen LogP contribution in [0.2, 0.25) is 0 Å². The van der Waals surface area contributed by atoms with E-state index >= 15 is 0 Å². The van der Waals surface area contributed by atoms with Gasteiger partial charge in [-0.3, -0.25) is 0 Å². The Morgan fingerprint density at radius 3 is 2.89 bits per heavy atom. The zero-order valence-corrected chi connectivity index (χ0v) is 10.7. The van der Waals surface area contributed by atoms with Crippen LogP contribution in [0.4, 0.5) is 0 Å². The molecule has 0 atom stereocenters. The van der Waals surface area contributed by atoms with Gasteiger partial charge in [0.1, 0.15) is 0 Å². The van der Waals surface area contributed by atoms with E-state index in [1.165, 1.54) is 18.4 Å². The third kappa shape index (κ3) is 2.12. The zero-order chi connectivity index (χ0) is 12.4. The summed E-state index contributed by atoms with van der Waals surface area (Å²) >= 11 is 0. The van der Waals surface area contributed by atoms with Crippen molar-refractivity contribution in [1.82, 2.24) is 5.32 Å². The number of rotatable bonds is 3. The van der Waals surface area contributed by atoms with Crippen LogP contribution in [0.5, 0.6) is 17.2 Å². The van der Waals surface area contributed by atoms with E-state index < -0.39 is 0 Å². The van der Waals surface area contributed by atoms with Crippen molar-refractivity contribution in [3.05, 3.63) is 17.7 Å². The van der Waals surface area contributed by atoms with Gasteiger partial charge in [-0.05, 0) is 49.9 Å². The summed E-state index contributed by atoms with van der Waals surface area (Å²) in [6.45, 7) is 2.54. The van der Waals surface area contributed by atoms with Gasteiger partial charge in [0.15, 0.2) is 11.5 Å². The lowest BCUT2D eigenvalue weighted by Crippen LogP contribution is -2.28. The van der Waals surface area contributed by atoms with Gasteiger partial charge in [0.05, 0.1) is 7.11 Å². The van der Waals surface area contributed by atoms with Gasteiger partial charge < -0.3 is 19.5 Å². The Hall–Kier alpha value is -1.42. The highest BCUT2D eigenvalue weighted by Crippen LogP contribution is 2.44. The fourth-order valence-corrected chi connectivity index (χ4v) is 2.77. The number of ether oxygens (including phenoxy) is 3. The quantitative estimate of drug-likeness (QED) is 0.889. The molecule has 2 aliphatic heterocycles. The van der Waals surface area contributed by atoms with Crippen LogP contribution in [-0.2, 0) is 6.42 Å². The first kappa shape index (κ1) is 11.7. The summed E-state index contributed by atoms with van der Waals surface area (Å²) in [5, 5.41) is 3.39. The smallest absolute Gasteiger partial charge is 0.231 e. The molecule has 18 heavy (non-hydrogen) atoms. The standard InChI is InChI=1S/C14H19NO3/c1-16-13-11(8-10-4-6-15-7-5-10)2-3-12-14(13)18-9-17-12/h2-3,10,15H,4-9H2,1H3. The summed E-state index contributed by atoms with van der Waals surface area (Å²) in [6.07, 6.45) is 3.52. The second-order valence-electron chi connectivity index (χ2n) is 4.89. The summed E-state index contributed by atoms with van der Waals surface area (Å²) in [5.74, 6) is 3.15. The first-order valence-corrected chi connectivity index (χ1v) is 6.54. The van der Waals surface area contributed by atoms with Crippen LogP contribution in [0.25, 0.3) is 0 Å². The fraction of sp³-hybridized carbons (Fsp3) is 0.571. The zero-order valence-electron chi connectivity index (χ0n) is 10.7. The summed E-state index contributed by atoms with van der Waals surface area (Å²) < 4.78 is 16.4. The van der Waals surface area contributed by atoms with Crippen LogP contribution in [0.15, 0.2) is 12.1 Å². The highest BCUT2D eigenvalue weighted by atomic mass is 16.7. The number of methoxy groups -OCH3 is 1.